The molecule has 0 aliphatic carbocycles. The van der Waals surface area contributed by atoms with Gasteiger partial charge < -0.3 is 44.1 Å². The molecule has 3 aliphatic rings. The van der Waals surface area contributed by atoms with Crippen LogP contribution in [0.4, 0.5) is 10.1 Å². The van der Waals surface area contributed by atoms with Crippen molar-refractivity contribution >= 4 is 13.5 Å². The lowest BCUT2D eigenvalue weighted by atomic mass is 10.0. The van der Waals surface area contributed by atoms with E-state index in [0.717, 1.165) is 33.7 Å². The summed E-state index contributed by atoms with van der Waals surface area (Å²) in [6.45, 7) is -1.19. The van der Waals surface area contributed by atoms with Crippen LogP contribution in [0.5, 0.6) is 0 Å². The Labute approximate surface area is 292 Å². The number of para-hydroxylation sites is 1. The molecule has 0 saturated carbocycles. The van der Waals surface area contributed by atoms with Crippen LogP contribution >= 0.6 is 7.82 Å². The van der Waals surface area contributed by atoms with Crippen LogP contribution in [0.15, 0.2) is 68.0 Å². The Morgan fingerprint density at radius 2 is 1.50 bits per heavy atom. The zero-order valence-electron chi connectivity index (χ0n) is 27.4. The van der Waals surface area contributed by atoms with E-state index in [4.69, 9.17) is 28.0 Å². The molecule has 6 rings (SSSR count). The van der Waals surface area contributed by atoms with Crippen LogP contribution in [0.1, 0.15) is 25.3 Å². The fourth-order valence-corrected chi connectivity index (χ4v) is 7.41. The number of anilines is 1. The molecule has 0 bridgehead atoms. The maximum Gasteiger partial charge on any atom is 0.472 e. The first-order valence-corrected chi connectivity index (χ1v) is 17.5. The second kappa shape index (κ2) is 15.2. The zero-order chi connectivity index (χ0) is 37.4. The number of aromatic amines is 2. The van der Waals surface area contributed by atoms with Crippen LogP contribution in [0.2, 0.25) is 0 Å². The number of aliphatic hydroxyl groups excluding tert-OH is 3. The number of nitrogens with zero attached hydrogens (tertiary/aromatic N) is 3. The number of phosphoric acid groups is 1. The van der Waals surface area contributed by atoms with Crippen LogP contribution in [0, 0.1) is 5.82 Å². The molecule has 1 unspecified atom stereocenters. The molecule has 284 valence electrons. The fourth-order valence-electron chi connectivity index (χ4n) is 6.45. The number of H-pyrrole nitrogens is 2. The van der Waals surface area contributed by atoms with Crippen molar-refractivity contribution in [2.45, 2.75) is 67.7 Å². The quantitative estimate of drug-likeness (QED) is 0.0885. The van der Waals surface area contributed by atoms with E-state index in [1.165, 1.54) is 13.2 Å². The minimum absolute atomic E-state index is 0.129. The summed E-state index contributed by atoms with van der Waals surface area (Å²) in [5, 5.41) is 31.4. The molecule has 9 atom stereocenters. The molecule has 22 heteroatoms. The maximum atomic E-state index is 14.6. The number of aliphatic hydroxyl groups is 3. The van der Waals surface area contributed by atoms with Gasteiger partial charge in [0.05, 0.1) is 18.9 Å². The molecule has 3 fully saturated rings. The lowest BCUT2D eigenvalue weighted by molar-refractivity contribution is -0.275. The average molecular weight is 758 g/mol. The topological polar surface area (TPSA) is 266 Å². The molecule has 0 amide bonds. The van der Waals surface area contributed by atoms with Gasteiger partial charge in [-0.15, -0.1) is 0 Å². The minimum atomic E-state index is -5.21. The highest BCUT2D eigenvalue weighted by molar-refractivity contribution is 7.47. The lowest BCUT2D eigenvalue weighted by Crippen LogP contribution is -2.52. The van der Waals surface area contributed by atoms with Crippen LogP contribution < -0.4 is 27.4 Å². The maximum absolute atomic E-state index is 14.6. The summed E-state index contributed by atoms with van der Waals surface area (Å²) in [6, 6.07) is 8.21. The van der Waals surface area contributed by atoms with E-state index in [2.05, 4.69) is 4.98 Å². The Balaban J connectivity index is 1.22. The predicted octanol–water partition coefficient (Wildman–Crippen LogP) is -1.73. The average Bonchev–Trinajstić information content (AvgIpc) is 3.58. The van der Waals surface area contributed by atoms with Crippen molar-refractivity contribution in [3.63, 3.8) is 0 Å². The van der Waals surface area contributed by atoms with E-state index in [9.17, 15) is 48.3 Å². The third-order valence-electron chi connectivity index (χ3n) is 9.15. The van der Waals surface area contributed by atoms with Crippen molar-refractivity contribution in [1.29, 1.82) is 0 Å². The summed E-state index contributed by atoms with van der Waals surface area (Å²) >= 11 is 0. The second-order valence-electron chi connectivity index (χ2n) is 12.3. The fraction of sp³-hybridized carbons (Fsp3) is 0.533. The molecule has 6 N–H and O–H groups in total. The summed E-state index contributed by atoms with van der Waals surface area (Å²) in [7, 11) is -3.86. The first-order valence-electron chi connectivity index (χ1n) is 16.0. The van der Waals surface area contributed by atoms with Gasteiger partial charge in [0.15, 0.2) is 18.2 Å². The van der Waals surface area contributed by atoms with Gasteiger partial charge in [0.1, 0.15) is 42.4 Å². The van der Waals surface area contributed by atoms with Crippen molar-refractivity contribution in [3.8, 4) is 0 Å². The van der Waals surface area contributed by atoms with E-state index in [0.29, 0.717) is 5.69 Å². The second-order valence-corrected chi connectivity index (χ2v) is 13.7. The Morgan fingerprint density at radius 1 is 0.904 bits per heavy atom. The highest BCUT2D eigenvalue weighted by Gasteiger charge is 2.54. The number of nitrogens with one attached hydrogen (secondary N) is 2. The molecule has 3 aliphatic heterocycles. The van der Waals surface area contributed by atoms with E-state index in [1.54, 1.807) is 23.1 Å². The predicted molar refractivity (Wildman–Crippen MR) is 173 cm³/mol. The van der Waals surface area contributed by atoms with Crippen molar-refractivity contribution in [2.75, 3.05) is 38.3 Å². The van der Waals surface area contributed by atoms with Gasteiger partial charge in [-0.2, -0.15) is 0 Å². The Kier molecular flexibility index (Phi) is 11.1. The molecule has 20 nitrogen and oxygen atoms in total. The molecule has 52 heavy (non-hydrogen) atoms. The summed E-state index contributed by atoms with van der Waals surface area (Å²) < 4.78 is 64.0. The number of methoxy groups -OCH3 is 1. The Morgan fingerprint density at radius 3 is 2.08 bits per heavy atom. The van der Waals surface area contributed by atoms with Gasteiger partial charge in [-0.1, -0.05) is 12.1 Å². The van der Waals surface area contributed by atoms with Crippen molar-refractivity contribution in [1.82, 2.24) is 19.1 Å². The van der Waals surface area contributed by atoms with Crippen LogP contribution in [-0.4, -0.2) is 115 Å². The highest BCUT2D eigenvalue weighted by Crippen LogP contribution is 2.50. The van der Waals surface area contributed by atoms with Crippen molar-refractivity contribution in [3.05, 3.63) is 96.3 Å². The number of rotatable bonds is 12. The minimum Gasteiger partial charge on any atom is -0.394 e. The molecule has 2 aromatic heterocycles. The van der Waals surface area contributed by atoms with Crippen LogP contribution in [-0.2, 0) is 32.6 Å². The number of piperidine rings is 1. The summed E-state index contributed by atoms with van der Waals surface area (Å²) in [6.07, 6.45) is -10.1. The van der Waals surface area contributed by atoms with Gasteiger partial charge in [0.25, 0.3) is 11.1 Å². The highest BCUT2D eigenvalue weighted by atomic mass is 31.2. The monoisotopic (exact) mass is 757 g/mol. The molecule has 5 heterocycles. The molecule has 0 spiro atoms. The van der Waals surface area contributed by atoms with E-state index in [1.807, 2.05) is 4.98 Å². The molecule has 0 radical (unpaired) electrons. The third kappa shape index (κ3) is 7.75. The van der Waals surface area contributed by atoms with Crippen LogP contribution in [0.3, 0.4) is 0 Å². The van der Waals surface area contributed by atoms with E-state index < -0.39 is 104 Å². The number of phosphoric ester groups is 1. The van der Waals surface area contributed by atoms with Crippen LogP contribution in [0.25, 0.3) is 0 Å². The number of ether oxygens (including phenoxy) is 4. The van der Waals surface area contributed by atoms with Gasteiger partial charge in [0, 0.05) is 57.6 Å². The first-order chi connectivity index (χ1) is 24.7. The largest absolute Gasteiger partial charge is 0.472 e. The number of benzene rings is 1. The van der Waals surface area contributed by atoms with E-state index in [-0.39, 0.29) is 25.9 Å². The number of hydrogen-bond donors (Lipinski definition) is 6. The molecule has 1 aromatic carbocycles. The first kappa shape index (κ1) is 37.9. The Hall–Kier alpha value is -3.86. The summed E-state index contributed by atoms with van der Waals surface area (Å²) in [5.41, 5.74) is -2.97. The number of hydrogen-bond acceptors (Lipinski definition) is 15. The Bertz CT molecular complexity index is 2010. The number of aromatic nitrogens is 4. The van der Waals surface area contributed by atoms with Gasteiger partial charge in [-0.25, -0.2) is 18.5 Å². The van der Waals surface area contributed by atoms with Crippen molar-refractivity contribution in [2.24, 2.45) is 0 Å². The smallest absolute Gasteiger partial charge is 0.394 e. The molecular formula is C30H37FN5O15P. The van der Waals surface area contributed by atoms with Gasteiger partial charge >= 0.3 is 19.2 Å². The molecule has 3 saturated heterocycles. The number of halogens is 1. The van der Waals surface area contributed by atoms with Gasteiger partial charge in [-0.3, -0.25) is 37.7 Å². The SMILES string of the molecule is COC1(O[C@@H]2[C@H](OP(=O)(O)OC[C@H]3O[C@@H](n4ccc(=O)[nH]c4=O)[C@H](O)[C@@H]3O)[C@@H](CO)O[C@H]2n2ccc(=O)[nH]c2=O)CCN(c2ccccc2F)CC1. The third-order valence-corrected chi connectivity index (χ3v) is 10.1. The summed E-state index contributed by atoms with van der Waals surface area (Å²) in [4.78, 5) is 65.1. The molecule has 3 aromatic rings. The van der Waals surface area contributed by atoms with E-state index >= 15 is 0 Å². The molecular weight excluding hydrogens is 720 g/mol. The lowest BCUT2D eigenvalue weighted by Gasteiger charge is -2.44. The van der Waals surface area contributed by atoms with Gasteiger partial charge in [0.2, 0.25) is 0 Å². The zero-order valence-corrected chi connectivity index (χ0v) is 28.3. The van der Waals surface area contributed by atoms with Crippen molar-refractivity contribution < 1.29 is 57.2 Å². The normalized spacial score (nSPS) is 30.0. The summed E-state index contributed by atoms with van der Waals surface area (Å²) in [5.74, 6) is -1.88. The standard InChI is InChI=1S/C30H37FN5O15P/c1-46-30(8-12-34(13-9-30)17-5-3-2-4-16(17)31)50-25-24(18(14-37)48-27(25)36-11-7-21(39)33-29(36)43)51-52(44,45)47-15-19-22(40)23(41)26(49-19)35-10-6-20(38)32-28(35)42/h2-7,10-11,18-19,22-27,37,40-41H,8-9,12-15H2,1H3,(H,44,45)(H,32,38,42)(H,33,39,43)/t18-,19-,22-,23-,24-,25-,26-,27-/m1/s1. The van der Waals surface area contributed by atoms with Gasteiger partial charge in [-0.05, 0) is 12.1 Å².